The summed E-state index contributed by atoms with van der Waals surface area (Å²) in [6.07, 6.45) is 2.34. The van der Waals surface area contributed by atoms with Crippen molar-refractivity contribution >= 4 is 32.3 Å². The molecule has 0 bridgehead atoms. The van der Waals surface area contributed by atoms with Crippen molar-refractivity contribution in [2.75, 3.05) is 13.7 Å². The van der Waals surface area contributed by atoms with Gasteiger partial charge in [-0.2, -0.15) is 4.31 Å². The molecule has 0 fully saturated rings. The number of hydrogen-bond acceptors (Lipinski definition) is 5. The second-order valence-electron chi connectivity index (χ2n) is 7.17. The quantitative estimate of drug-likeness (QED) is 0.468. The van der Waals surface area contributed by atoms with E-state index in [0.29, 0.717) is 18.5 Å². The molecule has 5 rings (SSSR count). The van der Waals surface area contributed by atoms with Crippen LogP contribution in [0.15, 0.2) is 77.1 Å². The third-order valence-electron chi connectivity index (χ3n) is 5.54. The number of pyridine rings is 1. The number of fused-ring (bicyclic) bond motifs is 2. The maximum atomic E-state index is 13.9. The van der Waals surface area contributed by atoms with Gasteiger partial charge in [0.25, 0.3) is 0 Å². The molecule has 5 nitrogen and oxygen atoms in total. The highest BCUT2D eigenvalue weighted by Crippen LogP contribution is 2.41. The van der Waals surface area contributed by atoms with Gasteiger partial charge in [0.05, 0.1) is 18.7 Å². The van der Waals surface area contributed by atoms with E-state index in [-0.39, 0.29) is 10.9 Å². The van der Waals surface area contributed by atoms with Gasteiger partial charge in [-0.3, -0.25) is 4.98 Å². The Labute approximate surface area is 179 Å². The molecule has 0 N–H and O–H groups in total. The minimum Gasteiger partial charge on any atom is -0.497 e. The van der Waals surface area contributed by atoms with Crippen molar-refractivity contribution < 1.29 is 13.2 Å². The average Bonchev–Trinajstić information content (AvgIpc) is 3.27. The molecule has 1 unspecified atom stereocenters. The molecular weight excluding hydrogens is 416 g/mol. The van der Waals surface area contributed by atoms with E-state index in [1.807, 2.05) is 53.9 Å². The molecule has 0 spiro atoms. The summed E-state index contributed by atoms with van der Waals surface area (Å²) in [5, 5.41) is 2.85. The van der Waals surface area contributed by atoms with Gasteiger partial charge in [0.2, 0.25) is 10.0 Å². The van der Waals surface area contributed by atoms with Gasteiger partial charge in [0, 0.05) is 23.0 Å². The number of hydrogen-bond donors (Lipinski definition) is 0. The van der Waals surface area contributed by atoms with Crippen molar-refractivity contribution in [1.29, 1.82) is 0 Å². The van der Waals surface area contributed by atoms with Crippen molar-refractivity contribution in [3.8, 4) is 5.75 Å². The van der Waals surface area contributed by atoms with Crippen LogP contribution in [0.2, 0.25) is 0 Å². The Hall–Kier alpha value is -2.74. The number of thiophene rings is 1. The van der Waals surface area contributed by atoms with Crippen LogP contribution in [0.4, 0.5) is 0 Å². The fraction of sp³-hybridized carbons (Fsp3) is 0.174. The zero-order valence-electron chi connectivity index (χ0n) is 16.4. The normalized spacial score (nSPS) is 17.0. The van der Waals surface area contributed by atoms with Crippen LogP contribution in [0.5, 0.6) is 5.75 Å². The van der Waals surface area contributed by atoms with E-state index >= 15 is 0 Å². The first kappa shape index (κ1) is 19.2. The zero-order chi connectivity index (χ0) is 20.7. The maximum Gasteiger partial charge on any atom is 0.246 e. The molecule has 1 atom stereocenters. The van der Waals surface area contributed by atoms with E-state index < -0.39 is 10.0 Å². The fourth-order valence-electron chi connectivity index (χ4n) is 4.09. The van der Waals surface area contributed by atoms with E-state index in [4.69, 9.17) is 4.74 Å². The van der Waals surface area contributed by atoms with Crippen LogP contribution in [0.3, 0.4) is 0 Å². The molecule has 0 aliphatic carbocycles. The number of para-hydroxylation sites is 1. The van der Waals surface area contributed by atoms with Crippen LogP contribution in [-0.4, -0.2) is 31.4 Å². The van der Waals surface area contributed by atoms with Crippen molar-refractivity contribution in [3.05, 3.63) is 88.2 Å². The molecule has 3 heterocycles. The third-order valence-corrected chi connectivity index (χ3v) is 8.43. The van der Waals surface area contributed by atoms with Gasteiger partial charge in [-0.1, -0.05) is 30.3 Å². The molecular formula is C23H20N2O3S2. The lowest BCUT2D eigenvalue weighted by molar-refractivity contribution is 0.346. The lowest BCUT2D eigenvalue weighted by Gasteiger charge is -2.35. The Morgan fingerprint density at radius 1 is 1.07 bits per heavy atom. The van der Waals surface area contributed by atoms with E-state index in [9.17, 15) is 8.42 Å². The molecule has 30 heavy (non-hydrogen) atoms. The molecule has 0 saturated heterocycles. The first-order valence-electron chi connectivity index (χ1n) is 9.65. The van der Waals surface area contributed by atoms with Gasteiger partial charge >= 0.3 is 0 Å². The van der Waals surface area contributed by atoms with Gasteiger partial charge < -0.3 is 4.74 Å². The minimum absolute atomic E-state index is 0.248. The van der Waals surface area contributed by atoms with E-state index in [0.717, 1.165) is 22.3 Å². The van der Waals surface area contributed by atoms with Crippen LogP contribution < -0.4 is 4.74 Å². The Morgan fingerprint density at radius 2 is 1.87 bits per heavy atom. The Kier molecular flexibility index (Phi) is 4.81. The number of methoxy groups -OCH3 is 1. The van der Waals surface area contributed by atoms with Crippen molar-refractivity contribution in [2.45, 2.75) is 17.4 Å². The van der Waals surface area contributed by atoms with Gasteiger partial charge in [-0.05, 0) is 53.3 Å². The van der Waals surface area contributed by atoms with Crippen molar-refractivity contribution in [1.82, 2.24) is 9.29 Å². The maximum absolute atomic E-state index is 13.9. The summed E-state index contributed by atoms with van der Waals surface area (Å²) in [5.41, 5.74) is 2.48. The highest BCUT2D eigenvalue weighted by Gasteiger charge is 2.38. The molecule has 4 aromatic rings. The fourth-order valence-corrected chi connectivity index (χ4v) is 6.76. The summed E-state index contributed by atoms with van der Waals surface area (Å²) in [4.78, 5) is 5.86. The smallest absolute Gasteiger partial charge is 0.246 e. The van der Waals surface area contributed by atoms with Crippen LogP contribution in [0.25, 0.3) is 10.9 Å². The number of benzene rings is 2. The lowest BCUT2D eigenvalue weighted by Crippen LogP contribution is -2.40. The number of nitrogens with zero attached hydrogens (tertiary/aromatic N) is 2. The average molecular weight is 437 g/mol. The topological polar surface area (TPSA) is 59.5 Å². The number of aromatic nitrogens is 1. The van der Waals surface area contributed by atoms with E-state index in [2.05, 4.69) is 4.98 Å². The SMILES string of the molecule is COc1ccc(C2c3ccsc3CCN2S(=O)(=O)c2cccc3cccnc23)cc1. The highest BCUT2D eigenvalue weighted by atomic mass is 32.2. The van der Waals surface area contributed by atoms with Gasteiger partial charge in [0.15, 0.2) is 0 Å². The number of rotatable bonds is 4. The first-order chi connectivity index (χ1) is 14.6. The summed E-state index contributed by atoms with van der Waals surface area (Å²) in [6.45, 7) is 0.426. The molecule has 1 aliphatic rings. The van der Waals surface area contributed by atoms with Crippen LogP contribution in [0.1, 0.15) is 22.0 Å². The van der Waals surface area contributed by atoms with Crippen LogP contribution in [-0.2, 0) is 16.4 Å². The standard InChI is InChI=1S/C23H20N2O3S2/c1-28-18-9-7-17(8-10-18)23-19-12-15-29-20(19)11-14-25(23)30(26,27)21-6-2-4-16-5-3-13-24-22(16)21/h2-10,12-13,15,23H,11,14H2,1H3. The Bertz CT molecular complexity index is 1310. The van der Waals surface area contributed by atoms with Gasteiger partial charge in [-0.25, -0.2) is 8.42 Å². The zero-order valence-corrected chi connectivity index (χ0v) is 18.0. The Balaban J connectivity index is 1.67. The predicted octanol–water partition coefficient (Wildman–Crippen LogP) is 4.64. The predicted molar refractivity (Wildman–Crippen MR) is 118 cm³/mol. The summed E-state index contributed by atoms with van der Waals surface area (Å²) < 4.78 is 34.7. The van der Waals surface area contributed by atoms with Crippen LogP contribution in [0, 0.1) is 0 Å². The van der Waals surface area contributed by atoms with Gasteiger partial charge in [-0.15, -0.1) is 11.3 Å². The molecule has 152 valence electrons. The molecule has 2 aromatic carbocycles. The molecule has 0 radical (unpaired) electrons. The van der Waals surface area contributed by atoms with Crippen molar-refractivity contribution in [3.63, 3.8) is 0 Å². The highest BCUT2D eigenvalue weighted by molar-refractivity contribution is 7.89. The summed E-state index contributed by atoms with van der Waals surface area (Å²) >= 11 is 1.68. The second kappa shape index (κ2) is 7.50. The number of ether oxygens (including phenoxy) is 1. The second-order valence-corrected chi connectivity index (χ2v) is 10.0. The monoisotopic (exact) mass is 436 g/mol. The Morgan fingerprint density at radius 3 is 2.67 bits per heavy atom. The third kappa shape index (κ3) is 3.10. The molecule has 0 saturated carbocycles. The number of sulfonamides is 1. The summed E-state index contributed by atoms with van der Waals surface area (Å²) in [7, 11) is -2.16. The van der Waals surface area contributed by atoms with Gasteiger partial charge in [0.1, 0.15) is 10.6 Å². The van der Waals surface area contributed by atoms with E-state index in [1.54, 1.807) is 41.1 Å². The molecule has 2 aromatic heterocycles. The minimum atomic E-state index is -3.78. The first-order valence-corrected chi connectivity index (χ1v) is 12.0. The molecule has 0 amide bonds. The lowest BCUT2D eigenvalue weighted by atomic mass is 9.95. The van der Waals surface area contributed by atoms with E-state index in [1.165, 1.54) is 4.88 Å². The largest absolute Gasteiger partial charge is 0.497 e. The molecule has 1 aliphatic heterocycles. The van der Waals surface area contributed by atoms with Crippen LogP contribution >= 0.6 is 11.3 Å². The summed E-state index contributed by atoms with van der Waals surface area (Å²) in [6, 6.07) is 18.3. The van der Waals surface area contributed by atoms with Crippen molar-refractivity contribution in [2.24, 2.45) is 0 Å². The summed E-state index contributed by atoms with van der Waals surface area (Å²) in [5.74, 6) is 0.743. The molecule has 7 heteroatoms.